The zero-order valence-corrected chi connectivity index (χ0v) is 15.6. The number of hydrogen-bond donors (Lipinski definition) is 2. The van der Waals surface area contributed by atoms with E-state index in [1.807, 2.05) is 13.0 Å². The number of aromatic nitrogens is 2. The maximum Gasteiger partial charge on any atom is 0.240 e. The van der Waals surface area contributed by atoms with E-state index >= 15 is 0 Å². The summed E-state index contributed by atoms with van der Waals surface area (Å²) in [5, 5.41) is 3.22. The zero-order valence-electron chi connectivity index (χ0n) is 14.8. The summed E-state index contributed by atoms with van der Waals surface area (Å²) in [4.78, 5) is 8.81. The second kappa shape index (κ2) is 8.57. The Labute approximate surface area is 154 Å². The number of ether oxygens (including phenoxy) is 1. The van der Waals surface area contributed by atoms with Gasteiger partial charge in [-0.05, 0) is 31.9 Å². The Bertz CT molecular complexity index is 819. The molecular formula is C18H24N4O3S. The van der Waals surface area contributed by atoms with Gasteiger partial charge in [0.15, 0.2) is 0 Å². The van der Waals surface area contributed by atoms with Gasteiger partial charge in [-0.2, -0.15) is 0 Å². The molecule has 2 N–H and O–H groups in total. The van der Waals surface area contributed by atoms with Gasteiger partial charge in [-0.3, -0.25) is 0 Å². The molecule has 7 nitrogen and oxygen atoms in total. The fourth-order valence-electron chi connectivity index (χ4n) is 2.77. The number of hydrogen-bond acceptors (Lipinski definition) is 6. The Kier molecular flexibility index (Phi) is 6.18. The van der Waals surface area contributed by atoms with Crippen LogP contribution in [0.1, 0.15) is 30.0 Å². The van der Waals surface area contributed by atoms with E-state index in [2.05, 4.69) is 20.0 Å². The molecule has 1 aliphatic heterocycles. The van der Waals surface area contributed by atoms with Crippen LogP contribution in [-0.4, -0.2) is 44.7 Å². The summed E-state index contributed by atoms with van der Waals surface area (Å²) in [7, 11) is -3.46. The Morgan fingerprint density at radius 1 is 1.19 bits per heavy atom. The molecule has 140 valence electrons. The average Bonchev–Trinajstić information content (AvgIpc) is 3.17. The van der Waals surface area contributed by atoms with Crippen molar-refractivity contribution in [3.63, 3.8) is 0 Å². The molecule has 2 aromatic rings. The molecular weight excluding hydrogens is 352 g/mol. The molecule has 3 rings (SSSR count). The van der Waals surface area contributed by atoms with Crippen LogP contribution in [-0.2, 0) is 14.8 Å². The fourth-order valence-corrected chi connectivity index (χ4v) is 3.85. The van der Waals surface area contributed by atoms with E-state index in [4.69, 9.17) is 4.74 Å². The van der Waals surface area contributed by atoms with Gasteiger partial charge in [0.05, 0.1) is 17.2 Å². The minimum atomic E-state index is -3.46. The van der Waals surface area contributed by atoms with E-state index in [9.17, 15) is 8.42 Å². The van der Waals surface area contributed by atoms with Crippen LogP contribution in [0.3, 0.4) is 0 Å². The maximum atomic E-state index is 12.2. The fraction of sp³-hybridized carbons (Fsp3) is 0.444. The molecule has 1 fully saturated rings. The Morgan fingerprint density at radius 3 is 2.73 bits per heavy atom. The highest BCUT2D eigenvalue weighted by molar-refractivity contribution is 7.89. The van der Waals surface area contributed by atoms with Crippen molar-refractivity contribution in [2.24, 2.45) is 0 Å². The van der Waals surface area contributed by atoms with Crippen molar-refractivity contribution in [2.45, 2.75) is 30.6 Å². The lowest BCUT2D eigenvalue weighted by molar-refractivity contribution is 0.193. The lowest BCUT2D eigenvalue weighted by Gasteiger charge is -2.10. The Hall–Kier alpha value is -2.03. The predicted octanol–water partition coefficient (Wildman–Crippen LogP) is 2.07. The van der Waals surface area contributed by atoms with Gasteiger partial charge >= 0.3 is 0 Å². The third-order valence-corrected chi connectivity index (χ3v) is 5.80. The van der Waals surface area contributed by atoms with Gasteiger partial charge in [-0.1, -0.05) is 17.7 Å². The van der Waals surface area contributed by atoms with Crippen LogP contribution >= 0.6 is 0 Å². The molecule has 0 unspecified atom stereocenters. The predicted molar refractivity (Wildman–Crippen MR) is 99.7 cm³/mol. The van der Waals surface area contributed by atoms with Gasteiger partial charge in [0, 0.05) is 31.7 Å². The summed E-state index contributed by atoms with van der Waals surface area (Å²) in [5.74, 6) is 1.09. The van der Waals surface area contributed by atoms with Gasteiger partial charge in [0.2, 0.25) is 10.0 Å². The molecule has 0 radical (unpaired) electrons. The van der Waals surface area contributed by atoms with Crippen molar-refractivity contribution in [3.8, 4) is 0 Å². The summed E-state index contributed by atoms with van der Waals surface area (Å²) in [6.45, 7) is 4.38. The second-order valence-corrected chi connectivity index (χ2v) is 8.15. The molecule has 0 saturated carbocycles. The molecule has 2 heterocycles. The molecule has 0 aliphatic carbocycles. The summed E-state index contributed by atoms with van der Waals surface area (Å²) in [5.41, 5.74) is 2.02. The van der Waals surface area contributed by atoms with Crippen molar-refractivity contribution in [1.29, 1.82) is 0 Å². The quantitative estimate of drug-likeness (QED) is 0.685. The third-order valence-electron chi connectivity index (χ3n) is 4.32. The molecule has 1 aromatic heterocycles. The molecule has 0 spiro atoms. The summed E-state index contributed by atoms with van der Waals surface area (Å²) >= 11 is 0. The van der Waals surface area contributed by atoms with E-state index in [0.717, 1.165) is 30.1 Å². The van der Waals surface area contributed by atoms with Crippen molar-refractivity contribution in [1.82, 2.24) is 14.7 Å². The third kappa shape index (κ3) is 5.00. The number of nitrogens with zero attached hydrogens (tertiary/aromatic N) is 2. The van der Waals surface area contributed by atoms with Crippen molar-refractivity contribution in [2.75, 3.05) is 31.6 Å². The van der Waals surface area contributed by atoms with E-state index in [-0.39, 0.29) is 4.90 Å². The summed E-state index contributed by atoms with van der Waals surface area (Å²) < 4.78 is 32.4. The monoisotopic (exact) mass is 376 g/mol. The van der Waals surface area contributed by atoms with E-state index in [1.165, 1.54) is 0 Å². The van der Waals surface area contributed by atoms with E-state index < -0.39 is 10.0 Å². The van der Waals surface area contributed by atoms with Crippen LogP contribution in [0.2, 0.25) is 0 Å². The summed E-state index contributed by atoms with van der Waals surface area (Å²) in [6.07, 6.45) is 3.18. The molecule has 1 saturated heterocycles. The van der Waals surface area contributed by atoms with Crippen molar-refractivity contribution in [3.05, 3.63) is 47.9 Å². The van der Waals surface area contributed by atoms with Crippen LogP contribution in [0.4, 0.5) is 5.82 Å². The SMILES string of the molecule is Cc1ccc(S(=O)(=O)NCCCNc2cc([C@@H]3CCOC3)ncn2)cc1. The first-order valence-corrected chi connectivity index (χ1v) is 10.2. The first kappa shape index (κ1) is 18.8. The van der Waals surface area contributed by atoms with E-state index in [1.54, 1.807) is 30.6 Å². The average molecular weight is 376 g/mol. The van der Waals surface area contributed by atoms with Crippen molar-refractivity contribution >= 4 is 15.8 Å². The molecule has 8 heteroatoms. The normalized spacial score (nSPS) is 17.3. The molecule has 1 aliphatic rings. The van der Waals surface area contributed by atoms with Crippen molar-refractivity contribution < 1.29 is 13.2 Å². The lowest BCUT2D eigenvalue weighted by Crippen LogP contribution is -2.26. The number of sulfonamides is 1. The Morgan fingerprint density at radius 2 is 2.00 bits per heavy atom. The van der Waals surface area contributed by atoms with Gasteiger partial charge < -0.3 is 10.1 Å². The zero-order chi connectivity index (χ0) is 18.4. The highest BCUT2D eigenvalue weighted by Gasteiger charge is 2.19. The molecule has 0 bridgehead atoms. The minimum Gasteiger partial charge on any atom is -0.381 e. The molecule has 26 heavy (non-hydrogen) atoms. The van der Waals surface area contributed by atoms with Gasteiger partial charge in [-0.25, -0.2) is 23.1 Å². The van der Waals surface area contributed by atoms with Crippen LogP contribution in [0.15, 0.2) is 41.6 Å². The molecule has 0 amide bonds. The number of nitrogens with one attached hydrogen (secondary N) is 2. The first-order chi connectivity index (χ1) is 12.5. The Balaban J connectivity index is 1.44. The molecule has 1 atom stereocenters. The van der Waals surface area contributed by atoms with E-state index in [0.29, 0.717) is 32.0 Å². The second-order valence-electron chi connectivity index (χ2n) is 6.38. The van der Waals surface area contributed by atoms with Crippen LogP contribution in [0.25, 0.3) is 0 Å². The number of benzene rings is 1. The smallest absolute Gasteiger partial charge is 0.240 e. The number of aryl methyl sites for hydroxylation is 1. The van der Waals surface area contributed by atoms with Gasteiger partial charge in [-0.15, -0.1) is 0 Å². The number of rotatable bonds is 8. The van der Waals surface area contributed by atoms with Crippen LogP contribution in [0, 0.1) is 6.92 Å². The van der Waals surface area contributed by atoms with Crippen LogP contribution < -0.4 is 10.0 Å². The topological polar surface area (TPSA) is 93.2 Å². The van der Waals surface area contributed by atoms with Gasteiger partial charge in [0.1, 0.15) is 12.1 Å². The lowest BCUT2D eigenvalue weighted by atomic mass is 10.1. The first-order valence-electron chi connectivity index (χ1n) is 8.74. The van der Waals surface area contributed by atoms with Gasteiger partial charge in [0.25, 0.3) is 0 Å². The minimum absolute atomic E-state index is 0.287. The maximum absolute atomic E-state index is 12.2. The molecule has 1 aromatic carbocycles. The number of anilines is 1. The largest absolute Gasteiger partial charge is 0.381 e. The highest BCUT2D eigenvalue weighted by Crippen LogP contribution is 2.24. The standard InChI is InChI=1S/C18H24N4O3S/c1-14-3-5-16(6-4-14)26(23,24)22-9-2-8-19-18-11-17(20-13-21-18)15-7-10-25-12-15/h3-6,11,13,15,22H,2,7-10,12H2,1H3,(H,19,20,21)/t15-/m1/s1. The van der Waals surface area contributed by atoms with Crippen LogP contribution in [0.5, 0.6) is 0 Å². The summed E-state index contributed by atoms with van der Waals surface area (Å²) in [6, 6.07) is 8.75. The highest BCUT2D eigenvalue weighted by atomic mass is 32.2.